The SMILES string of the molecule is COCc1cccc(NC(=O)C2CCC(N)C2)c1.Cl. The topological polar surface area (TPSA) is 64.3 Å². The first-order chi connectivity index (χ1) is 8.69. The van der Waals surface area contributed by atoms with E-state index in [0.717, 1.165) is 30.5 Å². The van der Waals surface area contributed by atoms with Crippen LogP contribution >= 0.6 is 12.4 Å². The van der Waals surface area contributed by atoms with E-state index in [1.54, 1.807) is 7.11 Å². The Morgan fingerprint density at radius 3 is 2.89 bits per heavy atom. The normalized spacial score (nSPS) is 21.8. The van der Waals surface area contributed by atoms with Crippen LogP contribution in [0.2, 0.25) is 0 Å². The highest BCUT2D eigenvalue weighted by Crippen LogP contribution is 2.25. The number of methoxy groups -OCH3 is 1. The molecule has 1 amide bonds. The quantitative estimate of drug-likeness (QED) is 0.892. The molecule has 2 atom stereocenters. The van der Waals surface area contributed by atoms with Crippen molar-refractivity contribution in [2.75, 3.05) is 12.4 Å². The summed E-state index contributed by atoms with van der Waals surface area (Å²) < 4.78 is 5.07. The van der Waals surface area contributed by atoms with Crippen molar-refractivity contribution in [1.29, 1.82) is 0 Å². The highest BCUT2D eigenvalue weighted by Gasteiger charge is 2.27. The van der Waals surface area contributed by atoms with Crippen LogP contribution in [0.5, 0.6) is 0 Å². The predicted octanol–water partition coefficient (Wildman–Crippen LogP) is 2.32. The lowest BCUT2D eigenvalue weighted by Crippen LogP contribution is -2.23. The number of anilines is 1. The fourth-order valence-corrected chi connectivity index (χ4v) is 2.40. The summed E-state index contributed by atoms with van der Waals surface area (Å²) in [7, 11) is 1.66. The van der Waals surface area contributed by atoms with Crippen molar-refractivity contribution < 1.29 is 9.53 Å². The summed E-state index contributed by atoms with van der Waals surface area (Å²) in [4.78, 5) is 12.0. The van der Waals surface area contributed by atoms with Gasteiger partial charge in [0, 0.05) is 24.8 Å². The number of carbonyl (C=O) groups is 1. The minimum absolute atomic E-state index is 0. The second kappa shape index (κ2) is 7.48. The molecule has 4 nitrogen and oxygen atoms in total. The van der Waals surface area contributed by atoms with E-state index in [2.05, 4.69) is 5.32 Å². The number of nitrogens with one attached hydrogen (secondary N) is 1. The highest BCUT2D eigenvalue weighted by molar-refractivity contribution is 5.92. The third-order valence-electron chi connectivity index (χ3n) is 3.35. The van der Waals surface area contributed by atoms with Gasteiger partial charge in [-0.15, -0.1) is 12.4 Å². The van der Waals surface area contributed by atoms with Gasteiger partial charge >= 0.3 is 0 Å². The summed E-state index contributed by atoms with van der Waals surface area (Å²) in [5, 5.41) is 2.95. The van der Waals surface area contributed by atoms with Gasteiger partial charge in [-0.3, -0.25) is 4.79 Å². The molecule has 1 fully saturated rings. The third-order valence-corrected chi connectivity index (χ3v) is 3.35. The van der Waals surface area contributed by atoms with Crippen LogP contribution in [0.1, 0.15) is 24.8 Å². The second-order valence-electron chi connectivity index (χ2n) is 4.89. The van der Waals surface area contributed by atoms with Gasteiger partial charge in [0.15, 0.2) is 0 Å². The third kappa shape index (κ3) is 4.49. The Bertz CT molecular complexity index is 426. The summed E-state index contributed by atoms with van der Waals surface area (Å²) in [5.41, 5.74) is 7.71. The molecular formula is C14H21ClN2O2. The van der Waals surface area contributed by atoms with Gasteiger partial charge in [0.05, 0.1) is 6.61 Å². The Balaban J connectivity index is 0.00000180. The van der Waals surface area contributed by atoms with Crippen molar-refractivity contribution in [2.24, 2.45) is 11.7 Å². The van der Waals surface area contributed by atoms with Gasteiger partial charge in [-0.05, 0) is 37.0 Å². The van der Waals surface area contributed by atoms with E-state index in [9.17, 15) is 4.79 Å². The Hall–Kier alpha value is -1.10. The lowest BCUT2D eigenvalue weighted by Gasteiger charge is -2.11. The van der Waals surface area contributed by atoms with Crippen LogP contribution in [-0.4, -0.2) is 19.1 Å². The molecule has 2 unspecified atom stereocenters. The molecule has 1 saturated carbocycles. The van der Waals surface area contributed by atoms with Gasteiger partial charge in [-0.2, -0.15) is 0 Å². The van der Waals surface area contributed by atoms with E-state index < -0.39 is 0 Å². The first-order valence-corrected chi connectivity index (χ1v) is 6.33. The molecule has 1 aromatic rings. The Morgan fingerprint density at radius 2 is 2.26 bits per heavy atom. The molecule has 0 radical (unpaired) electrons. The summed E-state index contributed by atoms with van der Waals surface area (Å²) in [6.07, 6.45) is 2.64. The van der Waals surface area contributed by atoms with E-state index in [1.165, 1.54) is 0 Å². The van der Waals surface area contributed by atoms with Crippen molar-refractivity contribution in [3.05, 3.63) is 29.8 Å². The van der Waals surface area contributed by atoms with Gasteiger partial charge in [0.25, 0.3) is 0 Å². The molecule has 0 heterocycles. The predicted molar refractivity (Wildman–Crippen MR) is 78.3 cm³/mol. The number of hydrogen-bond donors (Lipinski definition) is 2. The number of nitrogens with two attached hydrogens (primary N) is 1. The van der Waals surface area contributed by atoms with Gasteiger partial charge in [-0.25, -0.2) is 0 Å². The smallest absolute Gasteiger partial charge is 0.227 e. The zero-order chi connectivity index (χ0) is 13.0. The molecule has 0 aromatic heterocycles. The van der Waals surface area contributed by atoms with Crippen molar-refractivity contribution in [3.63, 3.8) is 0 Å². The van der Waals surface area contributed by atoms with E-state index >= 15 is 0 Å². The van der Waals surface area contributed by atoms with Crippen LogP contribution in [0.25, 0.3) is 0 Å². The van der Waals surface area contributed by atoms with E-state index in [-0.39, 0.29) is 30.3 Å². The first-order valence-electron chi connectivity index (χ1n) is 6.33. The number of benzene rings is 1. The summed E-state index contributed by atoms with van der Waals surface area (Å²) in [6.45, 7) is 0.554. The lowest BCUT2D eigenvalue weighted by atomic mass is 10.1. The maximum atomic E-state index is 12.0. The summed E-state index contributed by atoms with van der Waals surface area (Å²) in [6, 6.07) is 7.91. The Morgan fingerprint density at radius 1 is 1.47 bits per heavy atom. The monoisotopic (exact) mass is 284 g/mol. The number of halogens is 1. The minimum atomic E-state index is 0. The van der Waals surface area contributed by atoms with Crippen LogP contribution < -0.4 is 11.1 Å². The van der Waals surface area contributed by atoms with Crippen LogP contribution in [-0.2, 0) is 16.1 Å². The zero-order valence-corrected chi connectivity index (χ0v) is 11.9. The molecule has 1 aliphatic rings. The minimum Gasteiger partial charge on any atom is -0.380 e. The maximum Gasteiger partial charge on any atom is 0.227 e. The number of amides is 1. The van der Waals surface area contributed by atoms with Gasteiger partial charge < -0.3 is 15.8 Å². The molecule has 0 spiro atoms. The molecule has 0 saturated heterocycles. The largest absolute Gasteiger partial charge is 0.380 e. The molecule has 2 rings (SSSR count). The average molecular weight is 285 g/mol. The Labute approximate surface area is 120 Å². The van der Waals surface area contributed by atoms with Crippen LogP contribution in [0.15, 0.2) is 24.3 Å². The lowest BCUT2D eigenvalue weighted by molar-refractivity contribution is -0.119. The van der Waals surface area contributed by atoms with Crippen molar-refractivity contribution in [3.8, 4) is 0 Å². The van der Waals surface area contributed by atoms with Crippen LogP contribution in [0.3, 0.4) is 0 Å². The summed E-state index contributed by atoms with van der Waals surface area (Å²) in [5.74, 6) is 0.142. The molecule has 3 N–H and O–H groups in total. The van der Waals surface area contributed by atoms with Gasteiger partial charge in [-0.1, -0.05) is 12.1 Å². The molecular weight excluding hydrogens is 264 g/mol. The van der Waals surface area contributed by atoms with Crippen LogP contribution in [0.4, 0.5) is 5.69 Å². The molecule has 1 aliphatic carbocycles. The number of ether oxygens (including phenoxy) is 1. The van der Waals surface area contributed by atoms with E-state index in [0.29, 0.717) is 6.61 Å². The average Bonchev–Trinajstić information content (AvgIpc) is 2.77. The van der Waals surface area contributed by atoms with Crippen molar-refractivity contribution >= 4 is 24.0 Å². The summed E-state index contributed by atoms with van der Waals surface area (Å²) >= 11 is 0. The second-order valence-corrected chi connectivity index (χ2v) is 4.89. The number of hydrogen-bond acceptors (Lipinski definition) is 3. The standard InChI is InChI=1S/C14H20N2O2.ClH/c1-18-9-10-3-2-4-13(7-10)16-14(17)11-5-6-12(15)8-11;/h2-4,7,11-12H,5-6,8-9,15H2,1H3,(H,16,17);1H. The fraction of sp³-hybridized carbons (Fsp3) is 0.500. The molecule has 5 heteroatoms. The molecule has 106 valence electrons. The molecule has 1 aromatic carbocycles. The van der Waals surface area contributed by atoms with E-state index in [4.69, 9.17) is 10.5 Å². The van der Waals surface area contributed by atoms with E-state index in [1.807, 2.05) is 24.3 Å². The maximum absolute atomic E-state index is 12.0. The zero-order valence-electron chi connectivity index (χ0n) is 11.1. The van der Waals surface area contributed by atoms with Crippen LogP contribution in [0, 0.1) is 5.92 Å². The van der Waals surface area contributed by atoms with Gasteiger partial charge in [0.2, 0.25) is 5.91 Å². The number of rotatable bonds is 4. The number of carbonyl (C=O) groups excluding carboxylic acids is 1. The van der Waals surface area contributed by atoms with Gasteiger partial charge in [0.1, 0.15) is 0 Å². The Kier molecular flexibility index (Phi) is 6.28. The molecule has 0 bridgehead atoms. The molecule has 19 heavy (non-hydrogen) atoms. The first kappa shape index (κ1) is 16.0. The fourth-order valence-electron chi connectivity index (χ4n) is 2.40. The van der Waals surface area contributed by atoms with Crippen molar-refractivity contribution in [2.45, 2.75) is 31.9 Å². The highest BCUT2D eigenvalue weighted by atomic mass is 35.5. The van der Waals surface area contributed by atoms with Crippen molar-refractivity contribution in [1.82, 2.24) is 0 Å². The molecule has 0 aliphatic heterocycles.